The van der Waals surface area contributed by atoms with Crippen molar-refractivity contribution < 1.29 is 9.18 Å². The van der Waals surface area contributed by atoms with Gasteiger partial charge in [-0.3, -0.25) is 4.79 Å². The van der Waals surface area contributed by atoms with Crippen LogP contribution in [0.1, 0.15) is 16.2 Å². The van der Waals surface area contributed by atoms with Crippen LogP contribution >= 0.6 is 11.6 Å². The van der Waals surface area contributed by atoms with Crippen molar-refractivity contribution in [3.05, 3.63) is 64.7 Å². The lowest BCUT2D eigenvalue weighted by Crippen LogP contribution is -2.28. The molecule has 0 unspecified atom stereocenters. The highest BCUT2D eigenvalue weighted by Gasteiger charge is 2.15. The summed E-state index contributed by atoms with van der Waals surface area (Å²) in [5.74, 6) is -0.279. The summed E-state index contributed by atoms with van der Waals surface area (Å²) >= 11 is 5.89. The minimum atomic E-state index is -0.626. The first-order valence-electron chi connectivity index (χ1n) is 7.22. The van der Waals surface area contributed by atoms with Gasteiger partial charge in [-0.05, 0) is 31.2 Å². The van der Waals surface area contributed by atoms with Crippen molar-refractivity contribution in [2.75, 3.05) is 6.54 Å². The van der Waals surface area contributed by atoms with Crippen molar-refractivity contribution in [1.82, 2.24) is 14.9 Å². The second kappa shape index (κ2) is 6.38. The summed E-state index contributed by atoms with van der Waals surface area (Å²) in [6, 6.07) is 12.0. The topological polar surface area (TPSA) is 46.9 Å². The number of para-hydroxylation sites is 2. The number of aromatic nitrogens is 2. The molecule has 118 valence electrons. The van der Waals surface area contributed by atoms with Crippen LogP contribution in [-0.4, -0.2) is 22.0 Å². The van der Waals surface area contributed by atoms with E-state index in [0.717, 1.165) is 16.9 Å². The van der Waals surface area contributed by atoms with Crippen LogP contribution in [0.4, 0.5) is 4.39 Å². The number of imidazole rings is 1. The zero-order valence-corrected chi connectivity index (χ0v) is 13.3. The number of hydrogen-bond donors (Lipinski definition) is 1. The Bertz CT molecular complexity index is 855. The van der Waals surface area contributed by atoms with Crippen molar-refractivity contribution in [2.45, 2.75) is 13.5 Å². The van der Waals surface area contributed by atoms with E-state index < -0.39 is 11.7 Å². The summed E-state index contributed by atoms with van der Waals surface area (Å²) in [6.07, 6.45) is 0. The molecule has 0 saturated carbocycles. The zero-order valence-electron chi connectivity index (χ0n) is 12.5. The molecule has 1 amide bonds. The van der Waals surface area contributed by atoms with Gasteiger partial charge >= 0.3 is 0 Å². The maximum atomic E-state index is 13.7. The highest BCUT2D eigenvalue weighted by Crippen LogP contribution is 2.19. The lowest BCUT2D eigenvalue weighted by Gasteiger charge is -2.10. The molecule has 2 aromatic carbocycles. The fourth-order valence-electron chi connectivity index (χ4n) is 2.56. The third-order valence-corrected chi connectivity index (χ3v) is 3.97. The molecule has 6 heteroatoms. The highest BCUT2D eigenvalue weighted by molar-refractivity contribution is 6.33. The lowest BCUT2D eigenvalue weighted by molar-refractivity contribution is 0.0948. The second-order valence-electron chi connectivity index (χ2n) is 5.15. The van der Waals surface area contributed by atoms with Crippen molar-refractivity contribution in [2.24, 2.45) is 0 Å². The molecule has 0 aliphatic heterocycles. The predicted octanol–water partition coefficient (Wildman–Crippen LogP) is 3.57. The van der Waals surface area contributed by atoms with Crippen LogP contribution in [0.3, 0.4) is 0 Å². The van der Waals surface area contributed by atoms with Gasteiger partial charge in [-0.2, -0.15) is 0 Å². The SMILES string of the molecule is Cc1nc2ccccc2n1CCNC(=O)c1c(F)cccc1Cl. The number of benzene rings is 2. The van der Waals surface area contributed by atoms with Crippen LogP contribution in [0, 0.1) is 12.7 Å². The molecular weight excluding hydrogens is 317 g/mol. The molecule has 0 fully saturated rings. The number of halogens is 2. The maximum absolute atomic E-state index is 13.7. The van der Waals surface area contributed by atoms with E-state index in [1.807, 2.05) is 35.8 Å². The fourth-order valence-corrected chi connectivity index (χ4v) is 2.81. The normalized spacial score (nSPS) is 10.9. The van der Waals surface area contributed by atoms with Crippen LogP contribution in [0.5, 0.6) is 0 Å². The molecule has 0 radical (unpaired) electrons. The Kier molecular flexibility index (Phi) is 4.30. The molecule has 1 heterocycles. The first-order chi connectivity index (χ1) is 11.1. The summed E-state index contributed by atoms with van der Waals surface area (Å²) in [5.41, 5.74) is 1.79. The van der Waals surface area contributed by atoms with Gasteiger partial charge in [-0.15, -0.1) is 0 Å². The standard InChI is InChI=1S/C17H15ClFN3O/c1-11-21-14-7-2-3-8-15(14)22(11)10-9-20-17(23)16-12(18)5-4-6-13(16)19/h2-8H,9-10H2,1H3,(H,20,23). The number of nitrogens with zero attached hydrogens (tertiary/aromatic N) is 2. The van der Waals surface area contributed by atoms with E-state index in [0.29, 0.717) is 13.1 Å². The Labute approximate surface area is 137 Å². The summed E-state index contributed by atoms with van der Waals surface area (Å²) < 4.78 is 15.7. The summed E-state index contributed by atoms with van der Waals surface area (Å²) in [5, 5.41) is 2.80. The van der Waals surface area contributed by atoms with Crippen LogP contribution in [0.15, 0.2) is 42.5 Å². The summed E-state index contributed by atoms with van der Waals surface area (Å²) in [6.45, 7) is 2.81. The van der Waals surface area contributed by atoms with Gasteiger partial charge < -0.3 is 9.88 Å². The molecule has 1 N–H and O–H groups in total. The van der Waals surface area contributed by atoms with Gasteiger partial charge in [-0.25, -0.2) is 9.37 Å². The first-order valence-corrected chi connectivity index (χ1v) is 7.60. The number of rotatable bonds is 4. The predicted molar refractivity (Wildman–Crippen MR) is 88.2 cm³/mol. The van der Waals surface area contributed by atoms with Crippen molar-refractivity contribution in [3.63, 3.8) is 0 Å². The van der Waals surface area contributed by atoms with Crippen molar-refractivity contribution in [3.8, 4) is 0 Å². The molecule has 4 nitrogen and oxygen atoms in total. The maximum Gasteiger partial charge on any atom is 0.255 e. The van der Waals surface area contributed by atoms with E-state index >= 15 is 0 Å². The number of amides is 1. The molecule has 0 aliphatic rings. The van der Waals surface area contributed by atoms with Gasteiger partial charge in [0.05, 0.1) is 21.6 Å². The van der Waals surface area contributed by atoms with Gasteiger partial charge in [0.2, 0.25) is 0 Å². The highest BCUT2D eigenvalue weighted by atomic mass is 35.5. The fraction of sp³-hybridized carbons (Fsp3) is 0.176. The minimum Gasteiger partial charge on any atom is -0.350 e. The quantitative estimate of drug-likeness (QED) is 0.794. The third-order valence-electron chi connectivity index (χ3n) is 3.66. The van der Waals surface area contributed by atoms with Crippen LogP contribution < -0.4 is 5.32 Å². The molecule has 3 aromatic rings. The monoisotopic (exact) mass is 331 g/mol. The Morgan fingerprint density at radius 1 is 1.26 bits per heavy atom. The molecule has 0 spiro atoms. The number of fused-ring (bicyclic) bond motifs is 1. The minimum absolute atomic E-state index is 0.103. The van der Waals surface area contributed by atoms with E-state index in [9.17, 15) is 9.18 Å². The summed E-state index contributed by atoms with van der Waals surface area (Å²) in [7, 11) is 0. The largest absolute Gasteiger partial charge is 0.350 e. The Morgan fingerprint density at radius 3 is 2.83 bits per heavy atom. The molecule has 0 saturated heterocycles. The van der Waals surface area contributed by atoms with Gasteiger partial charge in [0, 0.05) is 13.1 Å². The average molecular weight is 332 g/mol. The first kappa shape index (κ1) is 15.5. The zero-order chi connectivity index (χ0) is 16.4. The van der Waals surface area contributed by atoms with Gasteiger partial charge in [0.15, 0.2) is 0 Å². The molecule has 0 bridgehead atoms. The van der Waals surface area contributed by atoms with Crippen molar-refractivity contribution >= 4 is 28.5 Å². The van der Waals surface area contributed by atoms with E-state index in [1.54, 1.807) is 0 Å². The second-order valence-corrected chi connectivity index (χ2v) is 5.56. The van der Waals surface area contributed by atoms with Crippen LogP contribution in [-0.2, 0) is 6.54 Å². The molecule has 1 aromatic heterocycles. The summed E-state index contributed by atoms with van der Waals surface area (Å²) in [4.78, 5) is 16.6. The Morgan fingerprint density at radius 2 is 2.04 bits per heavy atom. The molecule has 23 heavy (non-hydrogen) atoms. The van der Waals surface area contributed by atoms with Crippen molar-refractivity contribution in [1.29, 1.82) is 0 Å². The lowest BCUT2D eigenvalue weighted by atomic mass is 10.2. The average Bonchev–Trinajstić information content (AvgIpc) is 2.83. The smallest absolute Gasteiger partial charge is 0.255 e. The van der Waals surface area contributed by atoms with Crippen LogP contribution in [0.2, 0.25) is 5.02 Å². The number of hydrogen-bond acceptors (Lipinski definition) is 2. The van der Waals surface area contributed by atoms with E-state index in [1.165, 1.54) is 18.2 Å². The van der Waals surface area contributed by atoms with Crippen LogP contribution in [0.25, 0.3) is 11.0 Å². The number of carbonyl (C=O) groups is 1. The molecule has 0 aliphatic carbocycles. The number of aryl methyl sites for hydroxylation is 1. The number of nitrogens with one attached hydrogen (secondary N) is 1. The molecule has 0 atom stereocenters. The van der Waals surface area contributed by atoms with E-state index in [-0.39, 0.29) is 10.6 Å². The van der Waals surface area contributed by atoms with Gasteiger partial charge in [-0.1, -0.05) is 29.8 Å². The van der Waals surface area contributed by atoms with Gasteiger partial charge in [0.25, 0.3) is 5.91 Å². The van der Waals surface area contributed by atoms with E-state index in [4.69, 9.17) is 11.6 Å². The van der Waals surface area contributed by atoms with Gasteiger partial charge in [0.1, 0.15) is 11.6 Å². The Balaban J connectivity index is 1.72. The van der Waals surface area contributed by atoms with E-state index in [2.05, 4.69) is 10.3 Å². The Hall–Kier alpha value is -2.40. The number of carbonyl (C=O) groups excluding carboxylic acids is 1. The molecular formula is C17H15ClFN3O. The third kappa shape index (κ3) is 3.05. The molecule has 3 rings (SSSR count).